The Morgan fingerprint density at radius 3 is 2.70 bits per heavy atom. The van der Waals surface area contributed by atoms with Crippen molar-refractivity contribution < 1.29 is 9.18 Å². The molecule has 5 heteroatoms. The summed E-state index contributed by atoms with van der Waals surface area (Å²) in [5, 5.41) is 5.73. The van der Waals surface area contributed by atoms with E-state index < -0.39 is 0 Å². The molecule has 2 aromatic carbocycles. The number of carbonyl (C=O) groups excluding carboxylic acids is 1. The highest BCUT2D eigenvalue weighted by Crippen LogP contribution is 2.19. The third-order valence-electron chi connectivity index (χ3n) is 2.67. The number of nitrogens with one attached hydrogen (secondary N) is 2. The molecule has 0 aliphatic carbocycles. The van der Waals surface area contributed by atoms with Gasteiger partial charge in [-0.15, -0.1) is 0 Å². The number of amides is 1. The molecule has 0 fully saturated rings. The van der Waals surface area contributed by atoms with Crippen molar-refractivity contribution in [1.82, 2.24) is 0 Å². The molecule has 0 spiro atoms. The summed E-state index contributed by atoms with van der Waals surface area (Å²) in [6.45, 7) is 2.08. The normalized spacial score (nSPS) is 10.2. The summed E-state index contributed by atoms with van der Waals surface area (Å²) in [5.74, 6) is -0.490. The molecular formula is C15H14BrFN2O. The number of carbonyl (C=O) groups is 1. The van der Waals surface area contributed by atoms with E-state index in [2.05, 4.69) is 26.6 Å². The first-order valence-electron chi connectivity index (χ1n) is 6.10. The van der Waals surface area contributed by atoms with E-state index in [9.17, 15) is 9.18 Å². The van der Waals surface area contributed by atoms with Gasteiger partial charge in [-0.2, -0.15) is 0 Å². The van der Waals surface area contributed by atoms with Gasteiger partial charge in [-0.05, 0) is 58.7 Å². The van der Waals surface area contributed by atoms with E-state index in [0.29, 0.717) is 10.2 Å². The van der Waals surface area contributed by atoms with Gasteiger partial charge in [-0.25, -0.2) is 4.39 Å². The molecule has 1 amide bonds. The van der Waals surface area contributed by atoms with Crippen LogP contribution in [0.1, 0.15) is 5.56 Å². The first-order chi connectivity index (χ1) is 9.54. The second-order valence-electron chi connectivity index (χ2n) is 4.40. The van der Waals surface area contributed by atoms with Crippen LogP contribution in [0.4, 0.5) is 15.8 Å². The Bertz CT molecular complexity index is 631. The predicted octanol–water partition coefficient (Wildman–Crippen LogP) is 3.95. The molecule has 0 saturated heterocycles. The van der Waals surface area contributed by atoms with Crippen molar-refractivity contribution in [2.24, 2.45) is 0 Å². The largest absolute Gasteiger partial charge is 0.376 e. The number of halogens is 2. The lowest BCUT2D eigenvalue weighted by molar-refractivity contribution is -0.114. The molecule has 0 unspecified atom stereocenters. The minimum atomic E-state index is -0.334. The van der Waals surface area contributed by atoms with Gasteiger partial charge in [-0.3, -0.25) is 4.79 Å². The fourth-order valence-electron chi connectivity index (χ4n) is 1.72. The van der Waals surface area contributed by atoms with Crippen LogP contribution < -0.4 is 10.6 Å². The Morgan fingerprint density at radius 2 is 2.00 bits per heavy atom. The third kappa shape index (κ3) is 4.06. The molecule has 2 aromatic rings. The molecule has 0 heterocycles. The van der Waals surface area contributed by atoms with Crippen molar-refractivity contribution in [2.45, 2.75) is 6.92 Å². The van der Waals surface area contributed by atoms with Crippen LogP contribution in [-0.4, -0.2) is 12.5 Å². The smallest absolute Gasteiger partial charge is 0.243 e. The number of aryl methyl sites for hydroxylation is 1. The highest BCUT2D eigenvalue weighted by atomic mass is 79.9. The summed E-state index contributed by atoms with van der Waals surface area (Å²) in [6, 6.07) is 12.1. The van der Waals surface area contributed by atoms with Crippen LogP contribution in [0.2, 0.25) is 0 Å². The van der Waals surface area contributed by atoms with E-state index in [1.807, 2.05) is 31.2 Å². The summed E-state index contributed by atoms with van der Waals surface area (Å²) in [4.78, 5) is 11.8. The fraction of sp³-hybridized carbons (Fsp3) is 0.133. The van der Waals surface area contributed by atoms with Gasteiger partial charge in [0.1, 0.15) is 5.82 Å². The van der Waals surface area contributed by atoms with Gasteiger partial charge in [0.15, 0.2) is 0 Å². The Balaban J connectivity index is 1.90. The van der Waals surface area contributed by atoms with Crippen LogP contribution in [0.25, 0.3) is 0 Å². The van der Waals surface area contributed by atoms with Crippen LogP contribution >= 0.6 is 15.9 Å². The quantitative estimate of drug-likeness (QED) is 0.887. The summed E-state index contributed by atoms with van der Waals surface area (Å²) in [6.07, 6.45) is 0. The number of rotatable bonds is 4. The Morgan fingerprint density at radius 1 is 1.20 bits per heavy atom. The lowest BCUT2D eigenvalue weighted by Crippen LogP contribution is -2.21. The average Bonchev–Trinajstić information content (AvgIpc) is 2.40. The third-order valence-corrected chi connectivity index (χ3v) is 3.28. The molecular weight excluding hydrogens is 323 g/mol. The lowest BCUT2D eigenvalue weighted by Gasteiger charge is -2.09. The summed E-state index contributed by atoms with van der Waals surface area (Å²) in [7, 11) is 0. The second-order valence-corrected chi connectivity index (χ2v) is 5.25. The average molecular weight is 337 g/mol. The van der Waals surface area contributed by atoms with Crippen LogP contribution in [0.15, 0.2) is 46.9 Å². The number of benzene rings is 2. The first kappa shape index (κ1) is 14.5. The van der Waals surface area contributed by atoms with E-state index in [0.717, 1.165) is 11.3 Å². The molecule has 20 heavy (non-hydrogen) atoms. The minimum absolute atomic E-state index is 0.117. The van der Waals surface area contributed by atoms with Crippen LogP contribution in [0.3, 0.4) is 0 Å². The molecule has 0 bridgehead atoms. The van der Waals surface area contributed by atoms with Crippen molar-refractivity contribution in [2.75, 3.05) is 17.2 Å². The molecule has 0 saturated carbocycles. The van der Waals surface area contributed by atoms with Crippen molar-refractivity contribution in [3.63, 3.8) is 0 Å². The summed E-state index contributed by atoms with van der Waals surface area (Å²) < 4.78 is 13.4. The molecule has 104 valence electrons. The van der Waals surface area contributed by atoms with Crippen molar-refractivity contribution in [3.05, 3.63) is 58.3 Å². The van der Waals surface area contributed by atoms with Crippen molar-refractivity contribution in [3.8, 4) is 0 Å². The van der Waals surface area contributed by atoms with Gasteiger partial charge in [0, 0.05) is 11.4 Å². The predicted molar refractivity (Wildman–Crippen MR) is 82.4 cm³/mol. The molecule has 2 rings (SSSR count). The Labute approximate surface area is 125 Å². The zero-order valence-electron chi connectivity index (χ0n) is 10.9. The van der Waals surface area contributed by atoms with Gasteiger partial charge in [0.25, 0.3) is 0 Å². The zero-order valence-corrected chi connectivity index (χ0v) is 12.5. The van der Waals surface area contributed by atoms with Crippen LogP contribution in [0.5, 0.6) is 0 Å². The first-order valence-corrected chi connectivity index (χ1v) is 6.89. The molecule has 0 aliphatic heterocycles. The second kappa shape index (κ2) is 6.52. The molecule has 0 aromatic heterocycles. The monoisotopic (exact) mass is 336 g/mol. The van der Waals surface area contributed by atoms with Gasteiger partial charge in [-0.1, -0.05) is 12.1 Å². The van der Waals surface area contributed by atoms with Gasteiger partial charge in [0.2, 0.25) is 5.91 Å². The van der Waals surface area contributed by atoms with Gasteiger partial charge >= 0.3 is 0 Å². The number of anilines is 2. The maximum Gasteiger partial charge on any atom is 0.243 e. The standard InChI is InChI=1S/C15H14BrFN2O/c1-10-3-2-4-12(7-10)19-15(20)9-18-11-5-6-14(17)13(16)8-11/h2-8,18H,9H2,1H3,(H,19,20). The molecule has 2 N–H and O–H groups in total. The molecule has 0 radical (unpaired) electrons. The number of hydrogen-bond donors (Lipinski definition) is 2. The highest BCUT2D eigenvalue weighted by Gasteiger charge is 2.04. The lowest BCUT2D eigenvalue weighted by atomic mass is 10.2. The fourth-order valence-corrected chi connectivity index (χ4v) is 2.10. The molecule has 3 nitrogen and oxygen atoms in total. The highest BCUT2D eigenvalue weighted by molar-refractivity contribution is 9.10. The summed E-state index contributed by atoms with van der Waals surface area (Å²) >= 11 is 3.10. The number of hydrogen-bond acceptors (Lipinski definition) is 2. The van der Waals surface area contributed by atoms with Gasteiger partial charge in [0.05, 0.1) is 11.0 Å². The van der Waals surface area contributed by atoms with Crippen molar-refractivity contribution in [1.29, 1.82) is 0 Å². The topological polar surface area (TPSA) is 41.1 Å². The Kier molecular flexibility index (Phi) is 4.74. The minimum Gasteiger partial charge on any atom is -0.376 e. The van der Waals surface area contributed by atoms with E-state index in [1.54, 1.807) is 12.1 Å². The maximum atomic E-state index is 13.1. The van der Waals surface area contributed by atoms with Crippen LogP contribution in [0, 0.1) is 12.7 Å². The zero-order chi connectivity index (χ0) is 14.5. The van der Waals surface area contributed by atoms with Gasteiger partial charge < -0.3 is 10.6 Å². The van der Waals surface area contributed by atoms with E-state index in [-0.39, 0.29) is 18.3 Å². The maximum absolute atomic E-state index is 13.1. The molecule has 0 aliphatic rings. The SMILES string of the molecule is Cc1cccc(NC(=O)CNc2ccc(F)c(Br)c2)c1. The van der Waals surface area contributed by atoms with E-state index in [1.165, 1.54) is 6.07 Å². The van der Waals surface area contributed by atoms with E-state index in [4.69, 9.17) is 0 Å². The van der Waals surface area contributed by atoms with E-state index >= 15 is 0 Å². The molecule has 0 atom stereocenters. The van der Waals surface area contributed by atoms with Crippen molar-refractivity contribution >= 4 is 33.2 Å². The Hall–Kier alpha value is -1.88. The summed E-state index contributed by atoms with van der Waals surface area (Å²) in [5.41, 5.74) is 2.52. The van der Waals surface area contributed by atoms with Crippen LogP contribution in [-0.2, 0) is 4.79 Å².